The lowest BCUT2D eigenvalue weighted by Crippen LogP contribution is -2.36. The molecule has 0 radical (unpaired) electrons. The van der Waals surface area contributed by atoms with Gasteiger partial charge >= 0.3 is 6.09 Å². The van der Waals surface area contributed by atoms with Crippen LogP contribution >= 0.6 is 11.9 Å². The normalized spacial score (nSPS) is 16.5. The van der Waals surface area contributed by atoms with E-state index in [-0.39, 0.29) is 12.2 Å². The highest BCUT2D eigenvalue weighted by atomic mass is 32.2. The molecule has 1 unspecified atom stereocenters. The Balaban J connectivity index is 1.68. The van der Waals surface area contributed by atoms with Crippen LogP contribution < -0.4 is 9.62 Å². The number of rotatable bonds is 5. The second-order valence-electron chi connectivity index (χ2n) is 5.92. The molecule has 0 aliphatic carbocycles. The van der Waals surface area contributed by atoms with Crippen molar-refractivity contribution in [1.82, 2.24) is 0 Å². The number of benzene rings is 2. The molecule has 1 aliphatic heterocycles. The maximum Gasteiger partial charge on any atom is 0.414 e. The summed E-state index contributed by atoms with van der Waals surface area (Å²) < 4.78 is 8.79. The summed E-state index contributed by atoms with van der Waals surface area (Å²) in [5.74, 6) is 0.892. The van der Waals surface area contributed by atoms with Crippen molar-refractivity contribution in [1.29, 1.82) is 0 Å². The molecule has 24 heavy (non-hydrogen) atoms. The standard InChI is InChI=1S/C19H22N2O2S/c1-4-21-18-10-9-16(11-17(18)14(3)23-19(21)22)20-24-12-15-7-5-13(2)6-8-15/h5-11,14,20H,4,12H2,1-3H3. The van der Waals surface area contributed by atoms with Crippen molar-refractivity contribution in [3.05, 3.63) is 59.2 Å². The van der Waals surface area contributed by atoms with E-state index in [0.717, 1.165) is 22.7 Å². The molecule has 5 heteroatoms. The van der Waals surface area contributed by atoms with Gasteiger partial charge in [0, 0.05) is 23.5 Å². The molecule has 1 heterocycles. The van der Waals surface area contributed by atoms with Gasteiger partial charge in [-0.25, -0.2) is 4.79 Å². The van der Waals surface area contributed by atoms with Crippen molar-refractivity contribution in [3.63, 3.8) is 0 Å². The first kappa shape index (κ1) is 16.7. The summed E-state index contributed by atoms with van der Waals surface area (Å²) in [6.07, 6.45) is -0.494. The van der Waals surface area contributed by atoms with E-state index in [1.807, 2.05) is 26.0 Å². The highest BCUT2D eigenvalue weighted by molar-refractivity contribution is 7.99. The van der Waals surface area contributed by atoms with E-state index in [0.29, 0.717) is 6.54 Å². The van der Waals surface area contributed by atoms with Gasteiger partial charge in [0.15, 0.2) is 0 Å². The monoisotopic (exact) mass is 342 g/mol. The summed E-state index contributed by atoms with van der Waals surface area (Å²) >= 11 is 1.65. The summed E-state index contributed by atoms with van der Waals surface area (Å²) in [5, 5.41) is 0. The van der Waals surface area contributed by atoms with Gasteiger partial charge in [-0.15, -0.1) is 0 Å². The fourth-order valence-electron chi connectivity index (χ4n) is 2.75. The molecule has 0 bridgehead atoms. The van der Waals surface area contributed by atoms with Crippen molar-refractivity contribution < 1.29 is 9.53 Å². The lowest BCUT2D eigenvalue weighted by molar-refractivity contribution is 0.108. The highest BCUT2D eigenvalue weighted by Crippen LogP contribution is 2.36. The summed E-state index contributed by atoms with van der Waals surface area (Å²) in [5.41, 5.74) is 5.56. The van der Waals surface area contributed by atoms with E-state index in [4.69, 9.17) is 4.74 Å². The van der Waals surface area contributed by atoms with Crippen molar-refractivity contribution in [2.75, 3.05) is 16.2 Å². The van der Waals surface area contributed by atoms with E-state index >= 15 is 0 Å². The Kier molecular flexibility index (Phi) is 5.00. The van der Waals surface area contributed by atoms with Crippen molar-refractivity contribution >= 4 is 29.4 Å². The lowest BCUT2D eigenvalue weighted by atomic mass is 10.0. The fraction of sp³-hybridized carbons (Fsp3) is 0.316. The van der Waals surface area contributed by atoms with Gasteiger partial charge in [-0.1, -0.05) is 29.8 Å². The number of amides is 1. The van der Waals surface area contributed by atoms with E-state index in [1.54, 1.807) is 16.8 Å². The van der Waals surface area contributed by atoms with Gasteiger partial charge < -0.3 is 9.46 Å². The van der Waals surface area contributed by atoms with Gasteiger partial charge in [-0.3, -0.25) is 4.90 Å². The topological polar surface area (TPSA) is 41.6 Å². The Hall–Kier alpha value is -2.14. The minimum atomic E-state index is -0.271. The second-order valence-corrected chi connectivity index (χ2v) is 6.70. The molecule has 1 N–H and O–H groups in total. The van der Waals surface area contributed by atoms with Crippen LogP contribution in [0.1, 0.15) is 36.6 Å². The first-order valence-electron chi connectivity index (χ1n) is 8.14. The molecule has 4 nitrogen and oxygen atoms in total. The Morgan fingerprint density at radius 3 is 2.67 bits per heavy atom. The van der Waals surface area contributed by atoms with Crippen LogP contribution in [0.4, 0.5) is 16.2 Å². The number of carbonyl (C=O) groups excluding carboxylic acids is 1. The number of hydrogen-bond acceptors (Lipinski definition) is 4. The van der Waals surface area contributed by atoms with Crippen LogP contribution in [-0.4, -0.2) is 12.6 Å². The van der Waals surface area contributed by atoms with E-state index in [1.165, 1.54) is 11.1 Å². The molecule has 0 saturated heterocycles. The number of aryl methyl sites for hydroxylation is 1. The number of cyclic esters (lactones) is 1. The minimum absolute atomic E-state index is 0.223. The van der Waals surface area contributed by atoms with Crippen LogP contribution in [-0.2, 0) is 10.5 Å². The molecule has 0 spiro atoms. The summed E-state index contributed by atoms with van der Waals surface area (Å²) in [7, 11) is 0. The van der Waals surface area contributed by atoms with Gasteiger partial charge in [0.05, 0.1) is 5.69 Å². The Labute approximate surface area is 147 Å². The summed E-state index contributed by atoms with van der Waals surface area (Å²) in [6, 6.07) is 14.6. The number of carbonyl (C=O) groups is 1. The van der Waals surface area contributed by atoms with E-state index in [9.17, 15) is 4.79 Å². The maximum absolute atomic E-state index is 11.9. The first-order chi connectivity index (χ1) is 11.6. The molecular formula is C19H22N2O2S. The number of ether oxygens (including phenoxy) is 1. The van der Waals surface area contributed by atoms with Gasteiger partial charge in [-0.05, 0) is 56.5 Å². The van der Waals surface area contributed by atoms with Gasteiger partial charge in [0.25, 0.3) is 0 Å². The molecule has 0 saturated carbocycles. The third-order valence-electron chi connectivity index (χ3n) is 4.12. The molecule has 2 aromatic rings. The highest BCUT2D eigenvalue weighted by Gasteiger charge is 2.29. The van der Waals surface area contributed by atoms with E-state index in [2.05, 4.69) is 42.0 Å². The third-order valence-corrected chi connectivity index (χ3v) is 4.98. The average Bonchev–Trinajstić information content (AvgIpc) is 2.57. The average molecular weight is 342 g/mol. The molecular weight excluding hydrogens is 320 g/mol. The zero-order valence-electron chi connectivity index (χ0n) is 14.2. The van der Waals surface area contributed by atoms with Crippen LogP contribution in [0.25, 0.3) is 0 Å². The number of fused-ring (bicyclic) bond motifs is 1. The minimum Gasteiger partial charge on any atom is -0.441 e. The predicted molar refractivity (Wildman–Crippen MR) is 100 cm³/mol. The van der Waals surface area contributed by atoms with E-state index < -0.39 is 0 Å². The van der Waals surface area contributed by atoms with Crippen LogP contribution in [0.15, 0.2) is 42.5 Å². The third kappa shape index (κ3) is 3.51. The van der Waals surface area contributed by atoms with Crippen LogP contribution in [0.5, 0.6) is 0 Å². The molecule has 3 rings (SSSR count). The molecule has 0 fully saturated rings. The molecule has 126 valence electrons. The zero-order chi connectivity index (χ0) is 17.1. The Bertz CT molecular complexity index is 731. The molecule has 2 aromatic carbocycles. The maximum atomic E-state index is 11.9. The molecule has 1 amide bonds. The largest absolute Gasteiger partial charge is 0.441 e. The lowest BCUT2D eigenvalue weighted by Gasteiger charge is -2.32. The second kappa shape index (κ2) is 7.18. The van der Waals surface area contributed by atoms with Gasteiger partial charge in [0.2, 0.25) is 0 Å². The molecule has 1 aliphatic rings. The molecule has 0 aromatic heterocycles. The summed E-state index contributed by atoms with van der Waals surface area (Å²) in [4.78, 5) is 13.6. The van der Waals surface area contributed by atoms with Crippen molar-refractivity contribution in [2.45, 2.75) is 32.6 Å². The smallest absolute Gasteiger partial charge is 0.414 e. The Morgan fingerprint density at radius 1 is 1.21 bits per heavy atom. The predicted octanol–water partition coefficient (Wildman–Crippen LogP) is 5.29. The van der Waals surface area contributed by atoms with Crippen LogP contribution in [0.3, 0.4) is 0 Å². The van der Waals surface area contributed by atoms with Crippen LogP contribution in [0.2, 0.25) is 0 Å². The first-order valence-corrected chi connectivity index (χ1v) is 9.12. The van der Waals surface area contributed by atoms with Gasteiger partial charge in [0.1, 0.15) is 6.10 Å². The summed E-state index contributed by atoms with van der Waals surface area (Å²) in [6.45, 7) is 6.56. The number of nitrogens with one attached hydrogen (secondary N) is 1. The van der Waals surface area contributed by atoms with Crippen LogP contribution in [0, 0.1) is 6.92 Å². The zero-order valence-corrected chi connectivity index (χ0v) is 15.0. The molecule has 1 atom stereocenters. The van der Waals surface area contributed by atoms with Crippen molar-refractivity contribution in [2.24, 2.45) is 0 Å². The van der Waals surface area contributed by atoms with Crippen molar-refractivity contribution in [3.8, 4) is 0 Å². The van der Waals surface area contributed by atoms with Gasteiger partial charge in [-0.2, -0.15) is 0 Å². The number of hydrogen-bond donors (Lipinski definition) is 1. The quantitative estimate of drug-likeness (QED) is 0.749. The number of nitrogens with zero attached hydrogens (tertiary/aromatic N) is 1. The fourth-order valence-corrected chi connectivity index (χ4v) is 3.48. The number of anilines is 2. The SMILES string of the molecule is CCN1C(=O)OC(C)c2cc(NSCc3ccc(C)cc3)ccc21. The Morgan fingerprint density at radius 2 is 1.96 bits per heavy atom.